The van der Waals surface area contributed by atoms with E-state index in [2.05, 4.69) is 15.5 Å². The lowest BCUT2D eigenvalue weighted by atomic mass is 10.1. The number of aliphatic hydroxyl groups is 1. The average Bonchev–Trinajstić information content (AvgIpc) is 2.56. The Morgan fingerprint density at radius 3 is 2.62 bits per heavy atom. The summed E-state index contributed by atoms with van der Waals surface area (Å²) in [6.45, 7) is 5.69. The first-order chi connectivity index (χ1) is 7.43. The third-order valence-corrected chi connectivity index (χ3v) is 2.18. The molecule has 0 aromatic carbocycles. The molecule has 0 fully saturated rings. The Labute approximate surface area is 94.2 Å². The number of carbonyl (C=O) groups excluding carboxylic acids is 1. The van der Waals surface area contributed by atoms with Crippen molar-refractivity contribution in [2.45, 2.75) is 32.8 Å². The Morgan fingerprint density at radius 1 is 1.56 bits per heavy atom. The zero-order chi connectivity index (χ0) is 12.3. The minimum atomic E-state index is -0.589. The number of nitrogen functional groups attached to an aromatic ring is 1. The van der Waals surface area contributed by atoms with E-state index in [4.69, 9.17) is 10.8 Å². The lowest BCUT2D eigenvalue weighted by Crippen LogP contribution is -2.31. The lowest BCUT2D eigenvalue weighted by Gasteiger charge is -2.06. The van der Waals surface area contributed by atoms with Gasteiger partial charge in [0.25, 0.3) is 5.91 Å². The molecular formula is C10H18N4O2. The summed E-state index contributed by atoms with van der Waals surface area (Å²) in [5, 5.41) is 18.2. The van der Waals surface area contributed by atoms with Crippen LogP contribution < -0.4 is 11.1 Å². The van der Waals surface area contributed by atoms with Crippen molar-refractivity contribution >= 4 is 11.6 Å². The number of carbonyl (C=O) groups is 1. The van der Waals surface area contributed by atoms with Crippen LogP contribution in [0.5, 0.6) is 0 Å². The molecule has 0 saturated carbocycles. The predicted octanol–water partition coefficient (Wildman–Crippen LogP) is 0.226. The molecule has 0 aliphatic rings. The molecule has 1 heterocycles. The number of H-pyrrole nitrogens is 1. The Balaban J connectivity index is 2.77. The molecule has 0 unspecified atom stereocenters. The maximum absolute atomic E-state index is 11.6. The van der Waals surface area contributed by atoms with Crippen molar-refractivity contribution in [3.63, 3.8) is 0 Å². The van der Waals surface area contributed by atoms with E-state index in [1.54, 1.807) is 6.92 Å². The van der Waals surface area contributed by atoms with Gasteiger partial charge in [-0.2, -0.15) is 5.10 Å². The monoisotopic (exact) mass is 226 g/mol. The van der Waals surface area contributed by atoms with Crippen LogP contribution in [0.3, 0.4) is 0 Å². The molecule has 0 spiro atoms. The second-order valence-electron chi connectivity index (χ2n) is 4.11. The van der Waals surface area contributed by atoms with Crippen molar-refractivity contribution in [1.29, 1.82) is 0 Å². The predicted molar refractivity (Wildman–Crippen MR) is 61.1 cm³/mol. The lowest BCUT2D eigenvalue weighted by molar-refractivity contribution is 0.0920. The van der Waals surface area contributed by atoms with Crippen molar-refractivity contribution in [3.8, 4) is 0 Å². The Morgan fingerprint density at radius 2 is 2.19 bits per heavy atom. The molecule has 5 N–H and O–H groups in total. The van der Waals surface area contributed by atoms with Gasteiger partial charge in [-0.1, -0.05) is 13.8 Å². The van der Waals surface area contributed by atoms with Crippen LogP contribution >= 0.6 is 0 Å². The minimum Gasteiger partial charge on any atom is -0.395 e. The van der Waals surface area contributed by atoms with E-state index >= 15 is 0 Å². The molecule has 16 heavy (non-hydrogen) atoms. The summed E-state index contributed by atoms with van der Waals surface area (Å²) >= 11 is 0. The molecule has 6 nitrogen and oxygen atoms in total. The summed E-state index contributed by atoms with van der Waals surface area (Å²) < 4.78 is 0. The molecule has 6 heteroatoms. The molecule has 1 aromatic heterocycles. The average molecular weight is 226 g/mol. The summed E-state index contributed by atoms with van der Waals surface area (Å²) in [5.74, 6) is -0.188. The molecule has 0 aliphatic carbocycles. The topological polar surface area (TPSA) is 104 Å². The number of amides is 1. The van der Waals surface area contributed by atoms with Crippen LogP contribution in [0.4, 0.5) is 5.69 Å². The van der Waals surface area contributed by atoms with Crippen LogP contribution in [0.1, 0.15) is 42.9 Å². The second kappa shape index (κ2) is 4.98. The van der Waals surface area contributed by atoms with E-state index in [1.165, 1.54) is 0 Å². The third kappa shape index (κ3) is 2.73. The van der Waals surface area contributed by atoms with Gasteiger partial charge in [0.2, 0.25) is 0 Å². The number of rotatable bonds is 4. The van der Waals surface area contributed by atoms with Crippen molar-refractivity contribution in [2.24, 2.45) is 0 Å². The number of nitrogens with one attached hydrogen (secondary N) is 2. The van der Waals surface area contributed by atoms with Crippen LogP contribution in [0.2, 0.25) is 0 Å². The van der Waals surface area contributed by atoms with Gasteiger partial charge in [-0.25, -0.2) is 0 Å². The highest BCUT2D eigenvalue weighted by Crippen LogP contribution is 2.21. The highest BCUT2D eigenvalue weighted by molar-refractivity contribution is 5.97. The standard InChI is InChI=1S/C10H18N4O2/c1-5(2)8-7(11)9(14-13-8)10(16)12-4-6(3)15/h5-6,15H,4,11H2,1-3H3,(H,12,16)(H,13,14)/t6-/m0/s1. The van der Waals surface area contributed by atoms with Crippen molar-refractivity contribution in [1.82, 2.24) is 15.5 Å². The smallest absolute Gasteiger partial charge is 0.274 e. The number of aliphatic hydroxyl groups excluding tert-OH is 1. The van der Waals surface area contributed by atoms with Crippen LogP contribution in [0.15, 0.2) is 0 Å². The maximum atomic E-state index is 11.6. The van der Waals surface area contributed by atoms with Gasteiger partial charge in [-0.3, -0.25) is 9.89 Å². The van der Waals surface area contributed by atoms with Gasteiger partial charge in [0.05, 0.1) is 17.5 Å². The highest BCUT2D eigenvalue weighted by Gasteiger charge is 2.18. The number of hydrogen-bond donors (Lipinski definition) is 4. The van der Waals surface area contributed by atoms with Gasteiger partial charge in [-0.05, 0) is 12.8 Å². The van der Waals surface area contributed by atoms with Gasteiger partial charge in [0.1, 0.15) is 0 Å². The molecule has 1 atom stereocenters. The van der Waals surface area contributed by atoms with Crippen molar-refractivity contribution < 1.29 is 9.90 Å². The van der Waals surface area contributed by atoms with Gasteiger partial charge in [-0.15, -0.1) is 0 Å². The van der Waals surface area contributed by atoms with Gasteiger partial charge < -0.3 is 16.2 Å². The summed E-state index contributed by atoms with van der Waals surface area (Å²) in [5.41, 5.74) is 7.10. The molecule has 1 rings (SSSR count). The summed E-state index contributed by atoms with van der Waals surface area (Å²) in [6.07, 6.45) is -0.589. The van der Waals surface area contributed by atoms with E-state index in [-0.39, 0.29) is 24.1 Å². The zero-order valence-electron chi connectivity index (χ0n) is 9.74. The fourth-order valence-corrected chi connectivity index (χ4v) is 1.30. The van der Waals surface area contributed by atoms with E-state index in [1.807, 2.05) is 13.8 Å². The van der Waals surface area contributed by atoms with Crippen LogP contribution in [-0.4, -0.2) is 33.9 Å². The molecule has 1 aromatic rings. The second-order valence-corrected chi connectivity index (χ2v) is 4.11. The molecular weight excluding hydrogens is 208 g/mol. The maximum Gasteiger partial charge on any atom is 0.274 e. The number of anilines is 1. The summed E-state index contributed by atoms with van der Waals surface area (Å²) in [4.78, 5) is 11.6. The van der Waals surface area contributed by atoms with Crippen molar-refractivity contribution in [3.05, 3.63) is 11.4 Å². The Hall–Kier alpha value is -1.56. The SMILES string of the molecule is CC(C)c1[nH]nc(C(=O)NC[C@H](C)O)c1N. The molecule has 0 aliphatic heterocycles. The normalized spacial score (nSPS) is 12.8. The molecule has 0 saturated heterocycles. The quantitative estimate of drug-likeness (QED) is 0.589. The first kappa shape index (κ1) is 12.5. The minimum absolute atomic E-state index is 0.183. The first-order valence-electron chi connectivity index (χ1n) is 5.23. The largest absolute Gasteiger partial charge is 0.395 e. The van der Waals surface area contributed by atoms with Gasteiger partial charge >= 0.3 is 0 Å². The molecule has 1 amide bonds. The molecule has 0 bridgehead atoms. The van der Waals surface area contributed by atoms with Crippen LogP contribution in [-0.2, 0) is 0 Å². The van der Waals surface area contributed by atoms with Crippen molar-refractivity contribution in [2.75, 3.05) is 12.3 Å². The molecule has 90 valence electrons. The third-order valence-electron chi connectivity index (χ3n) is 2.18. The van der Waals surface area contributed by atoms with Crippen LogP contribution in [0, 0.1) is 0 Å². The number of aromatic nitrogens is 2. The zero-order valence-corrected chi connectivity index (χ0v) is 9.74. The number of hydrogen-bond acceptors (Lipinski definition) is 4. The summed E-state index contributed by atoms with van der Waals surface area (Å²) in [7, 11) is 0. The van der Waals surface area contributed by atoms with Gasteiger partial charge in [0, 0.05) is 6.54 Å². The summed E-state index contributed by atoms with van der Waals surface area (Å²) in [6, 6.07) is 0. The Bertz CT molecular complexity index is 371. The number of aromatic amines is 1. The van der Waals surface area contributed by atoms with Crippen LogP contribution in [0.25, 0.3) is 0 Å². The fourth-order valence-electron chi connectivity index (χ4n) is 1.30. The fraction of sp³-hybridized carbons (Fsp3) is 0.600. The number of nitrogens with two attached hydrogens (primary N) is 1. The van der Waals surface area contributed by atoms with E-state index in [0.29, 0.717) is 5.69 Å². The number of nitrogens with zero attached hydrogens (tertiary/aromatic N) is 1. The van der Waals surface area contributed by atoms with E-state index < -0.39 is 6.10 Å². The molecule has 0 radical (unpaired) electrons. The van der Waals surface area contributed by atoms with E-state index in [0.717, 1.165) is 5.69 Å². The van der Waals surface area contributed by atoms with E-state index in [9.17, 15) is 4.79 Å². The Kier molecular flexibility index (Phi) is 3.89. The van der Waals surface area contributed by atoms with Gasteiger partial charge in [0.15, 0.2) is 5.69 Å². The highest BCUT2D eigenvalue weighted by atomic mass is 16.3. The first-order valence-corrected chi connectivity index (χ1v) is 5.23.